The number of rotatable bonds is 3. The van der Waals surface area contributed by atoms with Crippen molar-refractivity contribution in [3.8, 4) is 11.1 Å². The quantitative estimate of drug-likeness (QED) is 0.601. The highest BCUT2D eigenvalue weighted by Gasteiger charge is 2.21. The highest BCUT2D eigenvalue weighted by molar-refractivity contribution is 7.17. The van der Waals surface area contributed by atoms with E-state index in [-0.39, 0.29) is 11.4 Å². The highest BCUT2D eigenvalue weighted by atomic mass is 32.1. The summed E-state index contributed by atoms with van der Waals surface area (Å²) in [6.07, 6.45) is 0. The summed E-state index contributed by atoms with van der Waals surface area (Å²) in [5.41, 5.74) is 1.54. The Bertz CT molecular complexity index is 942. The maximum Gasteiger partial charge on any atom is 0.260 e. The largest absolute Gasteiger partial charge is 0.328 e. The lowest BCUT2D eigenvalue weighted by atomic mass is 10.1. The molecule has 3 N–H and O–H groups in total. The van der Waals surface area contributed by atoms with Crippen molar-refractivity contribution in [2.75, 3.05) is 33.2 Å². The van der Waals surface area contributed by atoms with Gasteiger partial charge in [0.05, 0.1) is 12.4 Å². The Kier molecular flexibility index (Phi) is 4.37. The summed E-state index contributed by atoms with van der Waals surface area (Å²) in [6, 6.07) is 6.21. The first-order valence-electron chi connectivity index (χ1n) is 8.51. The van der Waals surface area contributed by atoms with Gasteiger partial charge in [-0.05, 0) is 17.7 Å². The predicted octanol–water partition coefficient (Wildman–Crippen LogP) is -0.296. The van der Waals surface area contributed by atoms with E-state index in [0.717, 1.165) is 54.5 Å². The topological polar surface area (TPSA) is 54.6 Å². The number of aromatic nitrogens is 2. The number of fused-ring (bicyclic) bond motifs is 1. The Labute approximate surface area is 148 Å². The molecule has 1 fully saturated rings. The van der Waals surface area contributed by atoms with E-state index in [1.807, 2.05) is 5.38 Å². The summed E-state index contributed by atoms with van der Waals surface area (Å²) < 4.78 is 13.1. The van der Waals surface area contributed by atoms with Gasteiger partial charge < -0.3 is 14.8 Å². The van der Waals surface area contributed by atoms with Crippen LogP contribution in [0.25, 0.3) is 21.3 Å². The molecule has 3 heterocycles. The number of likely N-dealkylation sites (N-methyl/N-ethyl adjacent to an activating group) is 1. The highest BCUT2D eigenvalue weighted by Crippen LogP contribution is 2.30. The van der Waals surface area contributed by atoms with Gasteiger partial charge in [0.1, 0.15) is 43.4 Å². The zero-order chi connectivity index (χ0) is 17.4. The SMILES string of the molecule is C[NH+]1CC[NH+](Cc2nc3scc(-c4ccc(F)cc4)c3c(=O)[nH]2)CC1. The van der Waals surface area contributed by atoms with E-state index in [0.29, 0.717) is 5.39 Å². The summed E-state index contributed by atoms with van der Waals surface area (Å²) in [5, 5.41) is 2.52. The van der Waals surface area contributed by atoms with Crippen molar-refractivity contribution in [2.45, 2.75) is 6.54 Å². The van der Waals surface area contributed by atoms with Crippen molar-refractivity contribution in [3.05, 3.63) is 51.6 Å². The molecule has 1 aliphatic heterocycles. The van der Waals surface area contributed by atoms with Crippen molar-refractivity contribution in [1.82, 2.24) is 9.97 Å². The number of nitrogens with zero attached hydrogens (tertiary/aromatic N) is 1. The van der Waals surface area contributed by atoms with Crippen molar-refractivity contribution >= 4 is 21.6 Å². The molecule has 130 valence electrons. The molecule has 5 nitrogen and oxygen atoms in total. The molecular weight excluding hydrogens is 339 g/mol. The lowest BCUT2D eigenvalue weighted by molar-refractivity contribution is -1.01. The van der Waals surface area contributed by atoms with Crippen LogP contribution in [0.4, 0.5) is 4.39 Å². The fourth-order valence-electron chi connectivity index (χ4n) is 3.36. The zero-order valence-electron chi connectivity index (χ0n) is 14.1. The minimum absolute atomic E-state index is 0.111. The number of quaternary nitrogens is 2. The Morgan fingerprint density at radius 1 is 1.20 bits per heavy atom. The number of H-pyrrole nitrogens is 1. The van der Waals surface area contributed by atoms with E-state index < -0.39 is 0 Å². The van der Waals surface area contributed by atoms with E-state index >= 15 is 0 Å². The predicted molar refractivity (Wildman–Crippen MR) is 96.7 cm³/mol. The lowest BCUT2D eigenvalue weighted by Gasteiger charge is -2.26. The van der Waals surface area contributed by atoms with Crippen LogP contribution in [0.3, 0.4) is 0 Å². The fraction of sp³-hybridized carbons (Fsp3) is 0.333. The van der Waals surface area contributed by atoms with E-state index in [1.165, 1.54) is 28.4 Å². The van der Waals surface area contributed by atoms with Crippen molar-refractivity contribution in [3.63, 3.8) is 0 Å². The second-order valence-corrected chi connectivity index (χ2v) is 7.59. The van der Waals surface area contributed by atoms with Gasteiger partial charge in [0.25, 0.3) is 5.56 Å². The first kappa shape index (κ1) is 16.4. The average molecular weight is 360 g/mol. The molecule has 0 unspecified atom stereocenters. The second kappa shape index (κ2) is 6.67. The van der Waals surface area contributed by atoms with Gasteiger partial charge in [0, 0.05) is 10.9 Å². The molecule has 0 radical (unpaired) electrons. The van der Waals surface area contributed by atoms with Crippen LogP contribution in [0.5, 0.6) is 0 Å². The van der Waals surface area contributed by atoms with Gasteiger partial charge in [-0.3, -0.25) is 4.79 Å². The third-order valence-electron chi connectivity index (χ3n) is 4.88. The van der Waals surface area contributed by atoms with Crippen LogP contribution in [0.2, 0.25) is 0 Å². The van der Waals surface area contributed by atoms with Gasteiger partial charge >= 0.3 is 0 Å². The van der Waals surface area contributed by atoms with Gasteiger partial charge in [-0.15, -0.1) is 11.3 Å². The third kappa shape index (κ3) is 3.35. The van der Waals surface area contributed by atoms with Gasteiger partial charge in [-0.1, -0.05) is 12.1 Å². The standard InChI is InChI=1S/C18H19FN4OS/c1-22-6-8-23(9-7-22)10-15-20-17(24)16-14(11-25-18(16)21-15)12-2-4-13(19)5-3-12/h2-5,11H,6-10H2,1H3,(H,20,21,24)/p+2. The van der Waals surface area contributed by atoms with Crippen molar-refractivity contribution in [2.24, 2.45) is 0 Å². The molecule has 3 aromatic rings. The molecule has 4 rings (SSSR count). The smallest absolute Gasteiger partial charge is 0.260 e. The molecule has 0 spiro atoms. The van der Waals surface area contributed by atoms with Crippen LogP contribution >= 0.6 is 11.3 Å². The average Bonchev–Trinajstić information content (AvgIpc) is 3.02. The maximum absolute atomic E-state index is 13.1. The molecule has 0 saturated carbocycles. The number of aromatic amines is 1. The molecule has 2 aromatic heterocycles. The number of thiophene rings is 1. The van der Waals surface area contributed by atoms with Crippen LogP contribution in [0.1, 0.15) is 5.82 Å². The Balaban J connectivity index is 1.65. The van der Waals surface area contributed by atoms with Gasteiger partial charge in [0.15, 0.2) is 5.82 Å². The van der Waals surface area contributed by atoms with Crippen molar-refractivity contribution < 1.29 is 14.2 Å². The van der Waals surface area contributed by atoms with E-state index in [4.69, 9.17) is 0 Å². The molecule has 1 saturated heterocycles. The van der Waals surface area contributed by atoms with E-state index in [2.05, 4.69) is 17.0 Å². The maximum atomic E-state index is 13.1. The molecule has 1 aliphatic rings. The molecule has 0 aliphatic carbocycles. The molecule has 0 atom stereocenters. The minimum atomic E-state index is -0.283. The summed E-state index contributed by atoms with van der Waals surface area (Å²) >= 11 is 1.47. The van der Waals surface area contributed by atoms with Crippen LogP contribution < -0.4 is 15.4 Å². The van der Waals surface area contributed by atoms with E-state index in [9.17, 15) is 9.18 Å². The van der Waals surface area contributed by atoms with Gasteiger partial charge in [-0.25, -0.2) is 9.37 Å². The number of piperazine rings is 1. The monoisotopic (exact) mass is 360 g/mol. The number of hydrogen-bond acceptors (Lipinski definition) is 3. The normalized spacial score (nSPS) is 20.9. The summed E-state index contributed by atoms with van der Waals surface area (Å²) in [7, 11) is 2.21. The molecule has 7 heteroatoms. The van der Waals surface area contributed by atoms with Gasteiger partial charge in [0.2, 0.25) is 0 Å². The second-order valence-electron chi connectivity index (χ2n) is 6.73. The Hall–Kier alpha value is -2.09. The summed E-state index contributed by atoms with van der Waals surface area (Å²) in [4.78, 5) is 24.0. The Morgan fingerprint density at radius 3 is 2.64 bits per heavy atom. The number of nitrogens with one attached hydrogen (secondary N) is 3. The van der Waals surface area contributed by atoms with Crippen LogP contribution in [-0.4, -0.2) is 43.2 Å². The first-order valence-corrected chi connectivity index (χ1v) is 9.39. The van der Waals surface area contributed by atoms with Crippen LogP contribution in [0.15, 0.2) is 34.4 Å². The van der Waals surface area contributed by atoms with E-state index in [1.54, 1.807) is 17.0 Å². The third-order valence-corrected chi connectivity index (χ3v) is 5.75. The molecule has 1 aromatic carbocycles. The lowest BCUT2D eigenvalue weighted by Crippen LogP contribution is -3.26. The zero-order valence-corrected chi connectivity index (χ0v) is 14.9. The minimum Gasteiger partial charge on any atom is -0.328 e. The number of benzene rings is 1. The summed E-state index contributed by atoms with van der Waals surface area (Å²) in [6.45, 7) is 5.24. The first-order chi connectivity index (χ1) is 12.1. The fourth-order valence-corrected chi connectivity index (χ4v) is 4.33. The number of hydrogen-bond donors (Lipinski definition) is 3. The molecule has 0 bridgehead atoms. The molecular formula is C18H21FN4OS+2. The van der Waals surface area contributed by atoms with Crippen molar-refractivity contribution in [1.29, 1.82) is 0 Å². The Morgan fingerprint density at radius 2 is 1.92 bits per heavy atom. The van der Waals surface area contributed by atoms with Gasteiger partial charge in [-0.2, -0.15) is 0 Å². The van der Waals surface area contributed by atoms with Crippen LogP contribution in [-0.2, 0) is 6.54 Å². The molecule has 0 amide bonds. The molecule has 25 heavy (non-hydrogen) atoms. The van der Waals surface area contributed by atoms with Crippen LogP contribution in [0, 0.1) is 5.82 Å². The summed E-state index contributed by atoms with van der Waals surface area (Å²) in [5.74, 6) is 0.467. The number of halogens is 1.